The van der Waals surface area contributed by atoms with Gasteiger partial charge in [-0.1, -0.05) is 20.8 Å². The molecule has 0 aromatic carbocycles. The van der Waals surface area contributed by atoms with E-state index in [-0.39, 0.29) is 11.7 Å². The van der Waals surface area contributed by atoms with Gasteiger partial charge in [0.05, 0.1) is 7.11 Å². The maximum absolute atomic E-state index is 12.2. The van der Waals surface area contributed by atoms with Crippen molar-refractivity contribution in [1.82, 2.24) is 4.90 Å². The Morgan fingerprint density at radius 2 is 1.79 bits per heavy atom. The lowest BCUT2D eigenvalue weighted by Crippen LogP contribution is -2.52. The van der Waals surface area contributed by atoms with Crippen LogP contribution in [0.25, 0.3) is 0 Å². The predicted molar refractivity (Wildman–Crippen MR) is 73.0 cm³/mol. The Balaban J connectivity index is 5.35. The highest BCUT2D eigenvalue weighted by Gasteiger charge is 2.36. The molecule has 0 saturated heterocycles. The van der Waals surface area contributed by atoms with Gasteiger partial charge in [0.15, 0.2) is 0 Å². The Labute approximate surface area is 118 Å². The third-order valence-corrected chi connectivity index (χ3v) is 3.24. The average Bonchev–Trinajstić information content (AvgIpc) is 2.34. The molecule has 0 aromatic rings. The first-order chi connectivity index (χ1) is 8.76. The molecule has 0 unspecified atom stereocenters. The normalized spacial score (nSPS) is 13.8. The Hall–Kier alpha value is -1.24. The molecule has 0 heterocycles. The van der Waals surface area contributed by atoms with Gasteiger partial charge >= 0.3 is 11.9 Å². The molecule has 0 fully saturated rings. The summed E-state index contributed by atoms with van der Waals surface area (Å²) in [6, 6.07) is -0.907. The van der Waals surface area contributed by atoms with Crippen LogP contribution in [0.5, 0.6) is 0 Å². The summed E-state index contributed by atoms with van der Waals surface area (Å²) >= 11 is 4.02. The maximum atomic E-state index is 12.2. The Morgan fingerprint density at radius 1 is 1.26 bits per heavy atom. The summed E-state index contributed by atoms with van der Waals surface area (Å²) in [6.45, 7) is 4.57. The maximum Gasteiger partial charge on any atom is 0.328 e. The number of hydrogen-bond acceptors (Lipinski definition) is 5. The Morgan fingerprint density at radius 3 is 2.11 bits per heavy atom. The second-order valence-electron chi connectivity index (χ2n) is 4.66. The van der Waals surface area contributed by atoms with Crippen LogP contribution in [0.15, 0.2) is 0 Å². The summed E-state index contributed by atoms with van der Waals surface area (Å²) < 4.78 is 4.65. The van der Waals surface area contributed by atoms with Crippen molar-refractivity contribution < 1.29 is 24.2 Å². The van der Waals surface area contributed by atoms with Crippen LogP contribution in [0.3, 0.4) is 0 Å². The highest BCUT2D eigenvalue weighted by Crippen LogP contribution is 2.16. The van der Waals surface area contributed by atoms with E-state index >= 15 is 0 Å². The molecule has 19 heavy (non-hydrogen) atoms. The monoisotopic (exact) mass is 291 g/mol. The molecule has 110 valence electrons. The molecule has 0 radical (unpaired) electrons. The number of amides is 1. The number of hydrogen-bond donors (Lipinski definition) is 2. The summed E-state index contributed by atoms with van der Waals surface area (Å²) in [5.74, 6) is -2.64. The van der Waals surface area contributed by atoms with Crippen molar-refractivity contribution in [3.8, 4) is 0 Å². The third kappa shape index (κ3) is 5.10. The lowest BCUT2D eigenvalue weighted by atomic mass is 10.0. The van der Waals surface area contributed by atoms with Crippen LogP contribution < -0.4 is 0 Å². The number of ether oxygens (including phenoxy) is 1. The number of methoxy groups -OCH3 is 1. The van der Waals surface area contributed by atoms with E-state index in [1.54, 1.807) is 20.8 Å². The SMILES string of the molecule is COC(=O)[C@@H](C(C)C)N(CC(=O)O)C(=O)[C@H](C)CS. The van der Waals surface area contributed by atoms with Crippen LogP contribution in [0, 0.1) is 11.8 Å². The largest absolute Gasteiger partial charge is 0.480 e. The van der Waals surface area contributed by atoms with Crippen molar-refractivity contribution in [3.63, 3.8) is 0 Å². The van der Waals surface area contributed by atoms with Gasteiger partial charge in [0, 0.05) is 11.7 Å². The van der Waals surface area contributed by atoms with Crippen molar-refractivity contribution in [2.75, 3.05) is 19.4 Å². The second kappa shape index (κ2) is 8.04. The zero-order chi connectivity index (χ0) is 15.2. The fraction of sp³-hybridized carbons (Fsp3) is 0.750. The van der Waals surface area contributed by atoms with E-state index in [4.69, 9.17) is 5.11 Å². The molecule has 0 spiro atoms. The number of esters is 1. The number of nitrogens with zero attached hydrogens (tertiary/aromatic N) is 1. The molecule has 2 atom stereocenters. The smallest absolute Gasteiger partial charge is 0.328 e. The van der Waals surface area contributed by atoms with Crippen molar-refractivity contribution in [1.29, 1.82) is 0 Å². The summed E-state index contributed by atoms with van der Waals surface area (Å²) in [6.07, 6.45) is 0. The highest BCUT2D eigenvalue weighted by molar-refractivity contribution is 7.80. The number of rotatable bonds is 7. The molecule has 1 N–H and O–H groups in total. The zero-order valence-electron chi connectivity index (χ0n) is 11.6. The van der Waals surface area contributed by atoms with Crippen LogP contribution in [0.4, 0.5) is 0 Å². The zero-order valence-corrected chi connectivity index (χ0v) is 12.5. The van der Waals surface area contributed by atoms with Gasteiger partial charge in [0.25, 0.3) is 0 Å². The van der Waals surface area contributed by atoms with Gasteiger partial charge < -0.3 is 14.7 Å². The van der Waals surface area contributed by atoms with Crippen molar-refractivity contribution in [3.05, 3.63) is 0 Å². The van der Waals surface area contributed by atoms with E-state index in [2.05, 4.69) is 17.4 Å². The van der Waals surface area contributed by atoms with Crippen LogP contribution in [0.2, 0.25) is 0 Å². The molecule has 0 aliphatic carbocycles. The second-order valence-corrected chi connectivity index (χ2v) is 5.02. The molecular weight excluding hydrogens is 270 g/mol. The quantitative estimate of drug-likeness (QED) is 0.532. The lowest BCUT2D eigenvalue weighted by Gasteiger charge is -2.32. The van der Waals surface area contributed by atoms with Gasteiger partial charge in [-0.3, -0.25) is 9.59 Å². The molecule has 1 amide bonds. The highest BCUT2D eigenvalue weighted by atomic mass is 32.1. The Bertz CT molecular complexity index is 345. The van der Waals surface area contributed by atoms with Crippen LogP contribution in [-0.4, -0.2) is 53.3 Å². The van der Waals surface area contributed by atoms with Crippen molar-refractivity contribution >= 4 is 30.5 Å². The molecule has 0 aromatic heterocycles. The van der Waals surface area contributed by atoms with Crippen LogP contribution in [-0.2, 0) is 19.1 Å². The number of carbonyl (C=O) groups is 3. The topological polar surface area (TPSA) is 83.9 Å². The van der Waals surface area contributed by atoms with Crippen LogP contribution in [0.1, 0.15) is 20.8 Å². The van der Waals surface area contributed by atoms with E-state index < -0.39 is 36.4 Å². The summed E-state index contributed by atoms with van der Waals surface area (Å²) in [5, 5.41) is 8.91. The molecule has 0 saturated carbocycles. The fourth-order valence-electron chi connectivity index (χ4n) is 1.70. The van der Waals surface area contributed by atoms with Gasteiger partial charge in [-0.25, -0.2) is 4.79 Å². The standard InChI is InChI=1S/C12H21NO5S/c1-7(2)10(12(17)18-4)13(5-9(14)15)11(16)8(3)6-19/h7-8,10,19H,5-6H2,1-4H3,(H,14,15)/t8-,10-/m1/s1. The Kier molecular flexibility index (Phi) is 7.51. The number of carboxylic acid groups (broad SMARTS) is 1. The van der Waals surface area contributed by atoms with E-state index in [0.29, 0.717) is 0 Å². The van der Waals surface area contributed by atoms with Crippen LogP contribution >= 0.6 is 12.6 Å². The predicted octanol–water partition coefficient (Wildman–Crippen LogP) is 0.663. The summed E-state index contributed by atoms with van der Waals surface area (Å²) in [7, 11) is 1.21. The minimum Gasteiger partial charge on any atom is -0.480 e. The summed E-state index contributed by atoms with van der Waals surface area (Å²) in [4.78, 5) is 35.9. The number of thiol groups is 1. The van der Waals surface area contributed by atoms with Gasteiger partial charge in [-0.15, -0.1) is 0 Å². The molecule has 6 nitrogen and oxygen atoms in total. The van der Waals surface area contributed by atoms with E-state index in [1.807, 2.05) is 0 Å². The fourth-order valence-corrected chi connectivity index (χ4v) is 1.86. The molecule has 0 bridgehead atoms. The minimum atomic E-state index is -1.17. The van der Waals surface area contributed by atoms with E-state index in [0.717, 1.165) is 4.90 Å². The average molecular weight is 291 g/mol. The van der Waals surface area contributed by atoms with E-state index in [9.17, 15) is 14.4 Å². The molecule has 7 heteroatoms. The number of aliphatic carboxylic acids is 1. The van der Waals surface area contributed by atoms with Gasteiger partial charge in [0.1, 0.15) is 12.6 Å². The van der Waals surface area contributed by atoms with E-state index in [1.165, 1.54) is 7.11 Å². The van der Waals surface area contributed by atoms with Crippen molar-refractivity contribution in [2.45, 2.75) is 26.8 Å². The number of carbonyl (C=O) groups excluding carboxylic acids is 2. The third-order valence-electron chi connectivity index (χ3n) is 2.69. The number of carboxylic acids is 1. The molecular formula is C12H21NO5S. The van der Waals surface area contributed by atoms with Gasteiger partial charge in [-0.05, 0) is 5.92 Å². The molecule has 0 aliphatic rings. The molecule has 0 aliphatic heterocycles. The van der Waals surface area contributed by atoms with Gasteiger partial charge in [-0.2, -0.15) is 12.6 Å². The summed E-state index contributed by atoms with van der Waals surface area (Å²) in [5.41, 5.74) is 0. The first-order valence-electron chi connectivity index (χ1n) is 5.97. The minimum absolute atomic E-state index is 0.247. The van der Waals surface area contributed by atoms with Crippen molar-refractivity contribution in [2.24, 2.45) is 11.8 Å². The first kappa shape index (κ1) is 17.8. The first-order valence-corrected chi connectivity index (χ1v) is 6.60. The van der Waals surface area contributed by atoms with Gasteiger partial charge in [0.2, 0.25) is 5.91 Å². The lowest BCUT2D eigenvalue weighted by molar-refractivity contribution is -0.159. The molecule has 0 rings (SSSR count).